The summed E-state index contributed by atoms with van der Waals surface area (Å²) < 4.78 is 41.2. The van der Waals surface area contributed by atoms with Crippen LogP contribution < -0.4 is 15.1 Å². The van der Waals surface area contributed by atoms with Crippen molar-refractivity contribution >= 4 is 52.2 Å². The summed E-state index contributed by atoms with van der Waals surface area (Å²) in [6.45, 7) is 5.06. The molecule has 0 spiro atoms. The first kappa shape index (κ1) is 26.2. The number of carbonyl (C=O) groups excluding carboxylic acids is 3. The molecule has 3 amide bonds. The number of thioether (sulfide) groups is 1. The van der Waals surface area contributed by atoms with Crippen LogP contribution in [-0.4, -0.2) is 27.5 Å². The Labute approximate surface area is 223 Å². The Hall–Kier alpha value is -3.38. The molecule has 0 saturated carbocycles. The van der Waals surface area contributed by atoms with Gasteiger partial charge in [-0.2, -0.15) is 13.2 Å². The van der Waals surface area contributed by atoms with Crippen molar-refractivity contribution in [3.05, 3.63) is 74.2 Å². The van der Waals surface area contributed by atoms with Gasteiger partial charge in [-0.15, -0.1) is 0 Å². The van der Waals surface area contributed by atoms with E-state index in [1.54, 1.807) is 32.0 Å². The number of carbonyl (C=O) groups is 3. The number of alkyl halides is 3. The molecule has 2 aromatic carbocycles. The highest BCUT2D eigenvalue weighted by Crippen LogP contribution is 2.54. The number of amides is 3. The van der Waals surface area contributed by atoms with Crippen LogP contribution in [-0.2, 0) is 32.5 Å². The van der Waals surface area contributed by atoms with Crippen LogP contribution in [0.1, 0.15) is 29.9 Å². The van der Waals surface area contributed by atoms with Gasteiger partial charge >= 0.3 is 11.0 Å². The van der Waals surface area contributed by atoms with Gasteiger partial charge in [0.2, 0.25) is 17.7 Å². The third-order valence-electron chi connectivity index (χ3n) is 6.74. The van der Waals surface area contributed by atoms with Gasteiger partial charge in [-0.25, -0.2) is 4.90 Å². The van der Waals surface area contributed by atoms with Crippen molar-refractivity contribution in [2.75, 3.05) is 10.2 Å². The molecular formula is C26H22F3N3O4S2. The molecule has 1 N–H and O–H groups in total. The summed E-state index contributed by atoms with van der Waals surface area (Å²) in [6.07, 6.45) is -4.64. The molecular weight excluding hydrogens is 539 g/mol. The van der Waals surface area contributed by atoms with Gasteiger partial charge in [0.25, 0.3) is 0 Å². The van der Waals surface area contributed by atoms with E-state index in [1.165, 1.54) is 10.6 Å². The average Bonchev–Trinajstić information content (AvgIpc) is 3.27. The van der Waals surface area contributed by atoms with Crippen molar-refractivity contribution < 1.29 is 27.6 Å². The quantitative estimate of drug-likeness (QED) is 0.462. The lowest BCUT2D eigenvalue weighted by atomic mass is 9.76. The smallest absolute Gasteiger partial charge is 0.325 e. The maximum Gasteiger partial charge on any atom is 0.416 e. The zero-order valence-corrected chi connectivity index (χ0v) is 22.1. The Balaban J connectivity index is 1.47. The van der Waals surface area contributed by atoms with E-state index in [9.17, 15) is 32.3 Å². The number of thiazole rings is 1. The van der Waals surface area contributed by atoms with Crippen LogP contribution >= 0.6 is 23.1 Å². The number of halogens is 3. The number of nitrogens with zero attached hydrogens (tertiary/aromatic N) is 2. The van der Waals surface area contributed by atoms with E-state index in [2.05, 4.69) is 5.32 Å². The van der Waals surface area contributed by atoms with Crippen molar-refractivity contribution in [2.45, 2.75) is 49.2 Å². The molecule has 12 heteroatoms. The van der Waals surface area contributed by atoms with Gasteiger partial charge in [-0.3, -0.25) is 23.7 Å². The second-order valence-electron chi connectivity index (χ2n) is 9.80. The lowest BCUT2D eigenvalue weighted by Crippen LogP contribution is -2.42. The highest BCUT2D eigenvalue weighted by atomic mass is 32.2. The molecule has 38 heavy (non-hydrogen) atoms. The maximum atomic E-state index is 13.5. The lowest BCUT2D eigenvalue weighted by molar-refractivity contribution is -0.137. The van der Waals surface area contributed by atoms with E-state index in [0.29, 0.717) is 15.6 Å². The predicted octanol–water partition coefficient (Wildman–Crippen LogP) is 4.82. The normalized spacial score (nSPS) is 20.3. The number of hydrogen-bond donors (Lipinski definition) is 1. The molecule has 198 valence electrons. The molecule has 0 bridgehead atoms. The molecule has 7 nitrogen and oxygen atoms in total. The third kappa shape index (κ3) is 4.35. The van der Waals surface area contributed by atoms with Crippen molar-refractivity contribution in [2.24, 2.45) is 5.92 Å². The fourth-order valence-electron chi connectivity index (χ4n) is 4.91. The van der Waals surface area contributed by atoms with Crippen LogP contribution in [0.3, 0.4) is 0 Å². The minimum Gasteiger partial charge on any atom is -0.325 e. The summed E-state index contributed by atoms with van der Waals surface area (Å²) in [5.41, 5.74) is -0.570. The fourth-order valence-corrected chi connectivity index (χ4v) is 7.95. The average molecular weight is 562 g/mol. The van der Waals surface area contributed by atoms with Crippen LogP contribution in [0.4, 0.5) is 24.5 Å². The zero-order valence-electron chi connectivity index (χ0n) is 20.5. The van der Waals surface area contributed by atoms with Gasteiger partial charge in [-0.05, 0) is 42.8 Å². The predicted molar refractivity (Wildman–Crippen MR) is 138 cm³/mol. The van der Waals surface area contributed by atoms with Crippen LogP contribution in [0, 0.1) is 12.8 Å². The molecule has 1 fully saturated rings. The standard InChI is InChI=1S/C26H22F3N3O4S2/c1-13-6-4-8-15(10-13)30-17(33)12-31-23-20(38-24(31)36)25(2,3)18-19(37-23)22(35)32(21(18)34)16-9-5-7-14(11-16)26(27,28)29/h4-11,18-19H,12H2,1-3H3,(H,30,33). The number of aromatic nitrogens is 1. The summed E-state index contributed by atoms with van der Waals surface area (Å²) in [7, 11) is 0. The van der Waals surface area contributed by atoms with E-state index in [4.69, 9.17) is 0 Å². The number of nitrogens with one attached hydrogen (secondary N) is 1. The van der Waals surface area contributed by atoms with Gasteiger partial charge in [-0.1, -0.05) is 55.1 Å². The number of benzene rings is 2. The highest BCUT2D eigenvalue weighted by molar-refractivity contribution is 8.00. The van der Waals surface area contributed by atoms with Gasteiger partial charge < -0.3 is 5.32 Å². The monoisotopic (exact) mass is 561 g/mol. The Morgan fingerprint density at radius 2 is 1.76 bits per heavy atom. The van der Waals surface area contributed by atoms with Crippen LogP contribution in [0.2, 0.25) is 0 Å². The van der Waals surface area contributed by atoms with E-state index in [-0.39, 0.29) is 12.2 Å². The first-order valence-electron chi connectivity index (χ1n) is 11.6. The summed E-state index contributed by atoms with van der Waals surface area (Å²) >= 11 is 1.91. The summed E-state index contributed by atoms with van der Waals surface area (Å²) in [4.78, 5) is 53.7. The van der Waals surface area contributed by atoms with Crippen LogP contribution in [0.5, 0.6) is 0 Å². The van der Waals surface area contributed by atoms with Crippen LogP contribution in [0.25, 0.3) is 0 Å². The molecule has 1 saturated heterocycles. The molecule has 1 aromatic heterocycles. The Morgan fingerprint density at radius 3 is 2.45 bits per heavy atom. The SMILES string of the molecule is Cc1cccc(NC(=O)Cn2c3c(sc2=O)C(C)(C)C2C(=O)N(c4cccc(C(F)(F)F)c4)C(=O)C2S3)c1. The van der Waals surface area contributed by atoms with E-state index in [0.717, 1.165) is 51.8 Å². The molecule has 2 aliphatic rings. The first-order valence-corrected chi connectivity index (χ1v) is 13.3. The number of aryl methyl sites for hydroxylation is 1. The summed E-state index contributed by atoms with van der Waals surface area (Å²) in [5.74, 6) is -2.60. The van der Waals surface area contributed by atoms with E-state index < -0.39 is 50.9 Å². The van der Waals surface area contributed by atoms with Crippen molar-refractivity contribution in [1.29, 1.82) is 0 Å². The molecule has 5 rings (SSSR count). The maximum absolute atomic E-state index is 13.5. The second kappa shape index (κ2) is 9.12. The minimum absolute atomic E-state index is 0.154. The Bertz CT molecular complexity index is 1540. The summed E-state index contributed by atoms with van der Waals surface area (Å²) in [5, 5.41) is 2.22. The van der Waals surface area contributed by atoms with Crippen molar-refractivity contribution in [3.63, 3.8) is 0 Å². The number of imide groups is 1. The molecule has 2 atom stereocenters. The molecule has 3 aromatic rings. The molecule has 3 heterocycles. The molecule has 0 radical (unpaired) electrons. The topological polar surface area (TPSA) is 88.5 Å². The van der Waals surface area contributed by atoms with E-state index >= 15 is 0 Å². The molecule has 2 unspecified atom stereocenters. The first-order chi connectivity index (χ1) is 17.8. The van der Waals surface area contributed by atoms with Gasteiger partial charge in [0.05, 0.1) is 22.2 Å². The molecule has 2 aliphatic heterocycles. The van der Waals surface area contributed by atoms with Gasteiger partial charge in [0.15, 0.2) is 0 Å². The number of rotatable bonds is 4. The van der Waals surface area contributed by atoms with Crippen molar-refractivity contribution in [1.82, 2.24) is 4.57 Å². The van der Waals surface area contributed by atoms with Crippen LogP contribution in [0.15, 0.2) is 58.4 Å². The molecule has 0 aliphatic carbocycles. The number of hydrogen-bond acceptors (Lipinski definition) is 6. The fraction of sp³-hybridized carbons (Fsp3) is 0.308. The number of anilines is 2. The van der Waals surface area contributed by atoms with Gasteiger partial charge in [0, 0.05) is 16.0 Å². The summed E-state index contributed by atoms with van der Waals surface area (Å²) in [6, 6.07) is 11.3. The minimum atomic E-state index is -4.64. The Morgan fingerprint density at radius 1 is 1.05 bits per heavy atom. The van der Waals surface area contributed by atoms with E-state index in [1.807, 2.05) is 13.0 Å². The van der Waals surface area contributed by atoms with Gasteiger partial charge in [0.1, 0.15) is 11.8 Å². The van der Waals surface area contributed by atoms with Crippen molar-refractivity contribution in [3.8, 4) is 0 Å². The zero-order chi connectivity index (χ0) is 27.6. The third-order valence-corrected chi connectivity index (χ3v) is 9.56. The second-order valence-corrected chi connectivity index (χ2v) is 11.9. The lowest BCUT2D eigenvalue weighted by Gasteiger charge is -2.36. The largest absolute Gasteiger partial charge is 0.416 e. The Kier molecular flexibility index (Phi) is 6.30. The number of fused-ring (bicyclic) bond motifs is 2. The highest BCUT2D eigenvalue weighted by Gasteiger charge is 2.59.